The summed E-state index contributed by atoms with van der Waals surface area (Å²) in [6.07, 6.45) is 1.91. The van der Waals surface area contributed by atoms with Crippen molar-refractivity contribution in [1.29, 1.82) is 0 Å². The first-order chi connectivity index (χ1) is 14.3. The maximum atomic E-state index is 12.2. The van der Waals surface area contributed by atoms with Crippen LogP contribution in [0.4, 0.5) is 5.69 Å². The highest BCUT2D eigenvalue weighted by Crippen LogP contribution is 2.40. The van der Waals surface area contributed by atoms with Crippen LogP contribution in [0.15, 0.2) is 51.9 Å². The molecule has 0 spiro atoms. The van der Waals surface area contributed by atoms with Crippen LogP contribution in [0.1, 0.15) is 44.1 Å². The molecule has 0 radical (unpaired) electrons. The summed E-state index contributed by atoms with van der Waals surface area (Å²) in [5.41, 5.74) is 15.3. The Kier molecular flexibility index (Phi) is 7.54. The summed E-state index contributed by atoms with van der Waals surface area (Å²) >= 11 is 0. The maximum absolute atomic E-state index is 12.2. The first-order valence-corrected chi connectivity index (χ1v) is 9.33. The number of hydrogen-bond acceptors (Lipinski definition) is 6. The lowest BCUT2D eigenvalue weighted by atomic mass is 9.78. The van der Waals surface area contributed by atoms with Crippen molar-refractivity contribution in [1.82, 2.24) is 5.32 Å². The second kappa shape index (κ2) is 10.1. The number of aliphatic carboxylic acids is 1. The zero-order valence-electron chi connectivity index (χ0n) is 16.4. The zero-order valence-corrected chi connectivity index (χ0v) is 16.4. The highest BCUT2D eigenvalue weighted by atomic mass is 16.6. The minimum Gasteiger partial charge on any atom is -0.478 e. The molecule has 11 heteroatoms. The second-order valence-corrected chi connectivity index (χ2v) is 6.63. The molecule has 2 rings (SSSR count). The van der Waals surface area contributed by atoms with Crippen LogP contribution in [0.2, 0.25) is 0 Å². The van der Waals surface area contributed by atoms with E-state index in [9.17, 15) is 24.8 Å². The van der Waals surface area contributed by atoms with Crippen LogP contribution in [-0.4, -0.2) is 28.5 Å². The van der Waals surface area contributed by atoms with Crippen molar-refractivity contribution < 1.29 is 19.6 Å². The fourth-order valence-electron chi connectivity index (χ4n) is 3.48. The van der Waals surface area contributed by atoms with Crippen LogP contribution in [-0.2, 0) is 9.59 Å². The molecule has 0 fully saturated rings. The number of nitro benzene ring substituents is 1. The number of carboxylic acids is 1. The number of rotatable bonds is 10. The third-order valence-corrected chi connectivity index (χ3v) is 4.81. The molecular weight excluding hydrogens is 392 g/mol. The predicted molar refractivity (Wildman–Crippen MR) is 108 cm³/mol. The van der Waals surface area contributed by atoms with Crippen LogP contribution in [0.3, 0.4) is 0 Å². The number of dihydropyridines is 1. The number of allylic oxidation sites excluding steroid dienone is 2. The summed E-state index contributed by atoms with van der Waals surface area (Å²) in [6, 6.07) is 5.40. The van der Waals surface area contributed by atoms with E-state index in [0.29, 0.717) is 49.2 Å². The molecule has 1 aliphatic heterocycles. The van der Waals surface area contributed by atoms with E-state index in [1.807, 2.05) is 6.92 Å². The summed E-state index contributed by atoms with van der Waals surface area (Å²) in [5.74, 6) is -2.93. The van der Waals surface area contributed by atoms with Gasteiger partial charge in [0, 0.05) is 40.6 Å². The molecule has 158 valence electrons. The van der Waals surface area contributed by atoms with Gasteiger partial charge in [-0.05, 0) is 36.8 Å². The van der Waals surface area contributed by atoms with Gasteiger partial charge in [-0.2, -0.15) is 0 Å². The lowest BCUT2D eigenvalue weighted by molar-refractivity contribution is -0.384. The Hall–Kier alpha value is -3.85. The largest absolute Gasteiger partial charge is 0.478 e. The number of nitrogens with zero attached hydrogens (tertiary/aromatic N) is 4. The first kappa shape index (κ1) is 22.4. The van der Waals surface area contributed by atoms with Gasteiger partial charge < -0.3 is 16.2 Å². The molecule has 1 unspecified atom stereocenters. The molecular formula is C19H22N6O5. The number of nitrogens with one attached hydrogen (secondary N) is 1. The number of azide groups is 1. The Bertz CT molecular complexity index is 960. The predicted octanol–water partition coefficient (Wildman–Crippen LogP) is 3.25. The standard InChI is InChI=1S/C19H22N6O5/c1-2-13-16(18(20)26)15(11-6-8-12(9-7-11)25(29)30)17(19(27)28)14(23-13)5-3-4-10-22-24-21/h6-9,15,23H,2-5,10H2,1H3,(H2,20,26)(H,27,28). The zero-order chi connectivity index (χ0) is 22.3. The minimum absolute atomic E-state index is 0.0290. The van der Waals surface area contributed by atoms with Crippen molar-refractivity contribution in [2.24, 2.45) is 10.8 Å². The topological polar surface area (TPSA) is 184 Å². The molecule has 1 heterocycles. The van der Waals surface area contributed by atoms with Crippen LogP contribution < -0.4 is 11.1 Å². The Morgan fingerprint density at radius 2 is 1.93 bits per heavy atom. The fraction of sp³-hybridized carbons (Fsp3) is 0.368. The summed E-state index contributed by atoms with van der Waals surface area (Å²) < 4.78 is 0. The van der Waals surface area contributed by atoms with Gasteiger partial charge in [-0.3, -0.25) is 14.9 Å². The molecule has 1 amide bonds. The Labute approximate surface area is 172 Å². The molecule has 1 atom stereocenters. The van der Waals surface area contributed by atoms with E-state index < -0.39 is 22.7 Å². The number of non-ortho nitro benzene ring substituents is 1. The Balaban J connectivity index is 2.55. The van der Waals surface area contributed by atoms with Gasteiger partial charge >= 0.3 is 5.97 Å². The van der Waals surface area contributed by atoms with E-state index in [0.717, 1.165) is 0 Å². The quantitative estimate of drug-likeness (QED) is 0.132. The maximum Gasteiger partial charge on any atom is 0.334 e. The van der Waals surface area contributed by atoms with Crippen molar-refractivity contribution in [2.75, 3.05) is 6.54 Å². The Morgan fingerprint density at radius 3 is 2.43 bits per heavy atom. The number of hydrogen-bond donors (Lipinski definition) is 3. The number of carboxylic acid groups (broad SMARTS) is 1. The molecule has 0 aliphatic carbocycles. The number of unbranched alkanes of at least 4 members (excludes halogenated alkanes) is 1. The molecule has 1 aromatic carbocycles. The molecule has 0 saturated carbocycles. The highest BCUT2D eigenvalue weighted by Gasteiger charge is 2.37. The van der Waals surface area contributed by atoms with Crippen molar-refractivity contribution in [3.63, 3.8) is 0 Å². The first-order valence-electron chi connectivity index (χ1n) is 9.33. The van der Waals surface area contributed by atoms with E-state index >= 15 is 0 Å². The van der Waals surface area contributed by atoms with Crippen LogP contribution in [0.25, 0.3) is 10.4 Å². The number of nitro groups is 1. The van der Waals surface area contributed by atoms with E-state index in [1.165, 1.54) is 24.3 Å². The highest BCUT2D eigenvalue weighted by molar-refractivity contribution is 6.01. The molecule has 4 N–H and O–H groups in total. The van der Waals surface area contributed by atoms with Crippen molar-refractivity contribution in [2.45, 2.75) is 38.5 Å². The van der Waals surface area contributed by atoms with E-state index in [2.05, 4.69) is 15.3 Å². The van der Waals surface area contributed by atoms with Crippen molar-refractivity contribution >= 4 is 17.6 Å². The van der Waals surface area contributed by atoms with Gasteiger partial charge in [0.25, 0.3) is 5.69 Å². The lowest BCUT2D eigenvalue weighted by Crippen LogP contribution is -2.35. The Morgan fingerprint density at radius 1 is 1.27 bits per heavy atom. The average Bonchev–Trinajstić information content (AvgIpc) is 2.72. The van der Waals surface area contributed by atoms with Crippen LogP contribution in [0, 0.1) is 10.1 Å². The van der Waals surface area contributed by atoms with Gasteiger partial charge in [-0.15, -0.1) is 0 Å². The monoisotopic (exact) mass is 414 g/mol. The van der Waals surface area contributed by atoms with Gasteiger partial charge in [-0.1, -0.05) is 24.2 Å². The molecule has 11 nitrogen and oxygen atoms in total. The normalized spacial score (nSPS) is 16.0. The molecule has 1 aliphatic rings. The fourth-order valence-corrected chi connectivity index (χ4v) is 3.48. The van der Waals surface area contributed by atoms with Gasteiger partial charge in [0.05, 0.1) is 16.4 Å². The average molecular weight is 414 g/mol. The van der Waals surface area contributed by atoms with Crippen molar-refractivity contribution in [3.8, 4) is 0 Å². The number of benzene rings is 1. The molecule has 1 aromatic rings. The van der Waals surface area contributed by atoms with Crippen molar-refractivity contribution in [3.05, 3.63) is 72.9 Å². The van der Waals surface area contributed by atoms with E-state index in [1.54, 1.807) is 0 Å². The van der Waals surface area contributed by atoms with Gasteiger partial charge in [0.1, 0.15) is 0 Å². The minimum atomic E-state index is -1.22. The summed E-state index contributed by atoms with van der Waals surface area (Å²) in [7, 11) is 0. The number of carbonyl (C=O) groups is 2. The van der Waals surface area contributed by atoms with Crippen LogP contribution >= 0.6 is 0 Å². The third-order valence-electron chi connectivity index (χ3n) is 4.81. The number of nitrogens with two attached hydrogens (primary N) is 1. The molecule has 0 bridgehead atoms. The number of carbonyl (C=O) groups excluding carboxylic acids is 1. The smallest absolute Gasteiger partial charge is 0.334 e. The van der Waals surface area contributed by atoms with Gasteiger partial charge in [0.2, 0.25) is 5.91 Å². The summed E-state index contributed by atoms with van der Waals surface area (Å²) in [6.45, 7) is 2.10. The van der Waals surface area contributed by atoms with E-state index in [4.69, 9.17) is 11.3 Å². The van der Waals surface area contributed by atoms with Gasteiger partial charge in [0.15, 0.2) is 0 Å². The van der Waals surface area contributed by atoms with Crippen LogP contribution in [0.5, 0.6) is 0 Å². The second-order valence-electron chi connectivity index (χ2n) is 6.63. The molecule has 30 heavy (non-hydrogen) atoms. The number of primary amides is 1. The summed E-state index contributed by atoms with van der Waals surface area (Å²) in [5, 5.41) is 27.4. The van der Waals surface area contributed by atoms with E-state index in [-0.39, 0.29) is 16.8 Å². The third kappa shape index (κ3) is 4.95. The SMILES string of the molecule is CCC1=C(C(N)=O)C(c2ccc([N+](=O)[O-])cc2)C(C(=O)O)=C(CCCCN=[N+]=[N-])N1. The molecule has 0 aromatic heterocycles. The summed E-state index contributed by atoms with van der Waals surface area (Å²) in [4.78, 5) is 37.5. The van der Waals surface area contributed by atoms with Gasteiger partial charge in [-0.25, -0.2) is 4.79 Å². The lowest BCUT2D eigenvalue weighted by Gasteiger charge is -2.31. The molecule has 0 saturated heterocycles. The number of amides is 1.